The molecule has 0 saturated carbocycles. The normalized spacial score (nSPS) is 12.2. The van der Waals surface area contributed by atoms with Crippen LogP contribution in [0.2, 0.25) is 26.2 Å². The van der Waals surface area contributed by atoms with Crippen LogP contribution in [0.4, 0.5) is 0 Å². The summed E-state index contributed by atoms with van der Waals surface area (Å²) < 4.78 is 0. The molecule has 0 unspecified atom stereocenters. The van der Waals surface area contributed by atoms with E-state index in [0.29, 0.717) is 0 Å². The van der Waals surface area contributed by atoms with Crippen molar-refractivity contribution < 1.29 is 9.59 Å². The fourth-order valence-corrected chi connectivity index (χ4v) is 2.75. The van der Waals surface area contributed by atoms with Gasteiger partial charge in [-0.2, -0.15) is 0 Å². The summed E-state index contributed by atoms with van der Waals surface area (Å²) in [6.07, 6.45) is 0. The molecule has 10 heavy (non-hydrogen) atoms. The van der Waals surface area contributed by atoms with Crippen molar-refractivity contribution in [2.45, 2.75) is 26.2 Å². The molecule has 0 radical (unpaired) electrons. The molecule has 0 atom stereocenters. The minimum Gasteiger partial charge on any atom is -0.422 e. The Morgan fingerprint density at radius 3 is 1.10 bits per heavy atom. The summed E-state index contributed by atoms with van der Waals surface area (Å²) in [6.45, 7) is 6.94. The van der Waals surface area contributed by atoms with Gasteiger partial charge in [0.05, 0.1) is 0 Å². The maximum Gasteiger partial charge on any atom is 0.262 e. The molecule has 0 aliphatic rings. The topological polar surface area (TPSA) is 40.5 Å². The van der Waals surface area contributed by atoms with E-state index in [-0.39, 0.29) is 0 Å². The molecule has 2 nitrogen and oxygen atoms in total. The van der Waals surface area contributed by atoms with Gasteiger partial charge in [0, 0.05) is 0 Å². The van der Waals surface area contributed by atoms with Gasteiger partial charge >= 0.3 is 0 Å². The second kappa shape index (κ2) is 2.88. The minimum atomic E-state index is -2.25. The van der Waals surface area contributed by atoms with Gasteiger partial charge in [0.15, 0.2) is 0 Å². The first-order chi connectivity index (χ1) is 4.21. The highest BCUT2D eigenvalue weighted by molar-refractivity contribution is 6.83. The fourth-order valence-electron chi connectivity index (χ4n) is 0.306. The first-order valence-corrected chi connectivity index (χ1v) is 9.09. The molecule has 4 heteroatoms. The second-order valence-corrected chi connectivity index (χ2v) is 10.1. The van der Waals surface area contributed by atoms with E-state index in [0.717, 1.165) is 0 Å². The van der Waals surface area contributed by atoms with Crippen molar-refractivity contribution in [2.24, 2.45) is 0 Å². The van der Waals surface area contributed by atoms with E-state index in [1.165, 1.54) is 0 Å². The van der Waals surface area contributed by atoms with Gasteiger partial charge in [-0.1, -0.05) is 0 Å². The van der Waals surface area contributed by atoms with Gasteiger partial charge < -0.3 is 9.59 Å². The summed E-state index contributed by atoms with van der Waals surface area (Å²) in [4.78, 5) is 18.5. The first-order valence-electron chi connectivity index (χ1n) is 3.20. The molecule has 0 aliphatic carbocycles. The quantitative estimate of drug-likeness (QED) is 0.414. The Morgan fingerprint density at radius 1 is 0.800 bits per heavy atom. The van der Waals surface area contributed by atoms with E-state index in [2.05, 4.69) is 11.1 Å². The van der Waals surface area contributed by atoms with Gasteiger partial charge in [0.1, 0.15) is 0 Å². The Balaban J connectivity index is 4.19. The summed E-state index contributed by atoms with van der Waals surface area (Å²) in [7, 11) is -4.51. The van der Waals surface area contributed by atoms with Crippen LogP contribution in [0.25, 0.3) is 0 Å². The molecule has 0 heterocycles. The Morgan fingerprint density at radius 2 is 1.00 bits per heavy atom. The van der Waals surface area contributed by atoms with Crippen LogP contribution < -0.4 is 0 Å². The van der Waals surface area contributed by atoms with Crippen molar-refractivity contribution >= 4 is 16.6 Å². The zero-order valence-electron chi connectivity index (χ0n) is 6.89. The molecule has 0 aromatic heterocycles. The Hall–Kier alpha value is -0.0862. The molecule has 0 aliphatic heterocycles. The molecule has 0 fully saturated rings. The molecule has 0 aromatic rings. The van der Waals surface area contributed by atoms with Crippen molar-refractivity contribution in [3.8, 4) is 11.1 Å². The van der Waals surface area contributed by atoms with Gasteiger partial charge in [-0.05, 0) is 26.2 Å². The van der Waals surface area contributed by atoms with Gasteiger partial charge in [0.2, 0.25) is 0 Å². The number of hydrogen-bond donors (Lipinski definition) is 2. The van der Waals surface area contributed by atoms with Crippen molar-refractivity contribution in [1.29, 1.82) is 0 Å². The van der Waals surface area contributed by atoms with Crippen LogP contribution in [0.5, 0.6) is 0 Å². The number of rotatable bonds is 0. The summed E-state index contributed by atoms with van der Waals surface area (Å²) in [5, 5.41) is 0. The molecular formula is C6H14O2Si2. The maximum atomic E-state index is 9.26. The largest absolute Gasteiger partial charge is 0.422 e. The predicted octanol–water partition coefficient (Wildman–Crippen LogP) is 0.463. The standard InChI is InChI=1S/C6H14O2Si2/c1-9(2,7)5-6-10(3,4)8/h7-8H,1-4H3. The molecule has 2 N–H and O–H groups in total. The lowest BCUT2D eigenvalue weighted by Gasteiger charge is -2.06. The average molecular weight is 174 g/mol. The third-order valence-corrected chi connectivity index (χ3v) is 2.40. The summed E-state index contributed by atoms with van der Waals surface area (Å²) in [6, 6.07) is 0. The van der Waals surface area contributed by atoms with Gasteiger partial charge in [-0.25, -0.2) is 0 Å². The number of hydrogen-bond acceptors (Lipinski definition) is 2. The molecule has 0 spiro atoms. The third kappa shape index (κ3) is 7.91. The van der Waals surface area contributed by atoms with Crippen LogP contribution in [0, 0.1) is 11.1 Å². The van der Waals surface area contributed by atoms with Gasteiger partial charge in [-0.3, -0.25) is 0 Å². The van der Waals surface area contributed by atoms with Crippen molar-refractivity contribution in [2.75, 3.05) is 0 Å². The lowest BCUT2D eigenvalue weighted by Crippen LogP contribution is -2.27. The van der Waals surface area contributed by atoms with Crippen LogP contribution in [-0.2, 0) is 0 Å². The Labute approximate surface area is 64.2 Å². The Kier molecular flexibility index (Phi) is 2.86. The lowest BCUT2D eigenvalue weighted by molar-refractivity contribution is 0.566. The van der Waals surface area contributed by atoms with E-state index in [9.17, 15) is 9.59 Å². The monoisotopic (exact) mass is 174 g/mol. The molecule has 0 saturated heterocycles. The molecule has 58 valence electrons. The summed E-state index contributed by atoms with van der Waals surface area (Å²) >= 11 is 0. The summed E-state index contributed by atoms with van der Waals surface area (Å²) in [5.74, 6) is 0. The highest BCUT2D eigenvalue weighted by Crippen LogP contribution is 1.96. The van der Waals surface area contributed by atoms with E-state index >= 15 is 0 Å². The first kappa shape index (κ1) is 9.91. The van der Waals surface area contributed by atoms with Crippen LogP contribution >= 0.6 is 0 Å². The minimum absolute atomic E-state index is 1.74. The van der Waals surface area contributed by atoms with E-state index in [1.807, 2.05) is 0 Å². The van der Waals surface area contributed by atoms with E-state index in [4.69, 9.17) is 0 Å². The summed E-state index contributed by atoms with van der Waals surface area (Å²) in [5.41, 5.74) is 5.44. The highest BCUT2D eigenvalue weighted by Gasteiger charge is 2.16. The Bertz CT molecular complexity index is 147. The third-order valence-electron chi connectivity index (χ3n) is 0.674. The molecule has 0 bridgehead atoms. The second-order valence-electron chi connectivity index (χ2n) is 3.37. The molecule has 0 rings (SSSR count). The SMILES string of the molecule is C[Si](C)(O)C#C[Si](C)(C)O. The van der Waals surface area contributed by atoms with Crippen LogP contribution in [-0.4, -0.2) is 26.2 Å². The van der Waals surface area contributed by atoms with Crippen molar-refractivity contribution in [1.82, 2.24) is 0 Å². The van der Waals surface area contributed by atoms with E-state index < -0.39 is 16.6 Å². The van der Waals surface area contributed by atoms with Crippen molar-refractivity contribution in [3.63, 3.8) is 0 Å². The maximum absolute atomic E-state index is 9.26. The van der Waals surface area contributed by atoms with Crippen LogP contribution in [0.1, 0.15) is 0 Å². The highest BCUT2D eigenvalue weighted by atomic mass is 28.4. The molecule has 0 aromatic carbocycles. The van der Waals surface area contributed by atoms with Crippen LogP contribution in [0.3, 0.4) is 0 Å². The smallest absolute Gasteiger partial charge is 0.262 e. The predicted molar refractivity (Wildman–Crippen MR) is 47.2 cm³/mol. The van der Waals surface area contributed by atoms with E-state index in [1.54, 1.807) is 26.2 Å². The molecular weight excluding hydrogens is 160 g/mol. The zero-order chi connectivity index (χ0) is 8.41. The van der Waals surface area contributed by atoms with Gasteiger partial charge in [0.25, 0.3) is 16.6 Å². The fraction of sp³-hybridized carbons (Fsp3) is 0.667. The zero-order valence-corrected chi connectivity index (χ0v) is 8.89. The average Bonchev–Trinajstić information content (AvgIpc) is 1.57. The lowest BCUT2D eigenvalue weighted by atomic mass is 11.4. The van der Waals surface area contributed by atoms with Crippen LogP contribution in [0.15, 0.2) is 0 Å². The molecule has 0 amide bonds. The van der Waals surface area contributed by atoms with Gasteiger partial charge in [-0.15, -0.1) is 11.1 Å². The van der Waals surface area contributed by atoms with Crippen molar-refractivity contribution in [3.05, 3.63) is 0 Å².